The van der Waals surface area contributed by atoms with E-state index in [1.54, 1.807) is 0 Å². The molecule has 0 fully saturated rings. The lowest BCUT2D eigenvalue weighted by molar-refractivity contribution is -0.118. The Hall–Kier alpha value is -3.00. The van der Waals surface area contributed by atoms with Crippen LogP contribution in [0.2, 0.25) is 0 Å². The Morgan fingerprint density at radius 3 is 2.71 bits per heavy atom. The third kappa shape index (κ3) is 4.12. The van der Waals surface area contributed by atoms with E-state index in [4.69, 9.17) is 9.47 Å². The van der Waals surface area contributed by atoms with Gasteiger partial charge in [-0.15, -0.1) is 10.2 Å². The molecule has 1 atom stereocenters. The molecule has 4 rings (SSSR count). The Kier molecular flexibility index (Phi) is 5.48. The van der Waals surface area contributed by atoms with Gasteiger partial charge in [-0.25, -0.2) is 0 Å². The van der Waals surface area contributed by atoms with Crippen molar-refractivity contribution in [2.45, 2.75) is 17.8 Å². The molecule has 8 heteroatoms. The predicted octanol–water partition coefficient (Wildman–Crippen LogP) is 2.74. The van der Waals surface area contributed by atoms with Gasteiger partial charge in [0.15, 0.2) is 28.6 Å². The van der Waals surface area contributed by atoms with Crippen LogP contribution in [0, 0.1) is 0 Å². The second-order valence-corrected chi connectivity index (χ2v) is 7.26. The molecule has 1 amide bonds. The van der Waals surface area contributed by atoms with Gasteiger partial charge < -0.3 is 19.4 Å². The summed E-state index contributed by atoms with van der Waals surface area (Å²) in [5.41, 5.74) is 1.07. The maximum absolute atomic E-state index is 12.1. The zero-order valence-corrected chi connectivity index (χ0v) is 16.2. The van der Waals surface area contributed by atoms with Crippen LogP contribution >= 0.6 is 11.8 Å². The fourth-order valence-electron chi connectivity index (χ4n) is 2.86. The molecule has 2 heterocycles. The number of amides is 1. The zero-order chi connectivity index (χ0) is 19.3. The summed E-state index contributed by atoms with van der Waals surface area (Å²) >= 11 is 1.34. The fourth-order valence-corrected chi connectivity index (χ4v) is 3.60. The van der Waals surface area contributed by atoms with E-state index in [0.717, 1.165) is 11.3 Å². The molecule has 1 N–H and O–H groups in total. The summed E-state index contributed by atoms with van der Waals surface area (Å²) < 4.78 is 13.6. The number of hydrogen-bond acceptors (Lipinski definition) is 6. The highest BCUT2D eigenvalue weighted by Crippen LogP contribution is 2.35. The van der Waals surface area contributed by atoms with Crippen LogP contribution in [0.15, 0.2) is 59.8 Å². The van der Waals surface area contributed by atoms with Crippen LogP contribution in [-0.2, 0) is 18.4 Å². The number of benzene rings is 2. The van der Waals surface area contributed by atoms with Gasteiger partial charge in [-0.1, -0.05) is 54.2 Å². The van der Waals surface area contributed by atoms with E-state index in [2.05, 4.69) is 15.5 Å². The van der Waals surface area contributed by atoms with Crippen LogP contribution in [-0.4, -0.2) is 33.0 Å². The largest absolute Gasteiger partial charge is 0.485 e. The summed E-state index contributed by atoms with van der Waals surface area (Å²) in [5.74, 6) is 2.30. The van der Waals surface area contributed by atoms with Crippen LogP contribution in [0.5, 0.6) is 11.5 Å². The first-order valence-electron chi connectivity index (χ1n) is 8.92. The molecule has 1 aliphatic heterocycles. The quantitative estimate of drug-likeness (QED) is 0.646. The number of hydrogen-bond donors (Lipinski definition) is 1. The average Bonchev–Trinajstić information content (AvgIpc) is 3.11. The Morgan fingerprint density at radius 1 is 1.14 bits per heavy atom. The molecule has 1 aliphatic rings. The minimum absolute atomic E-state index is 0.0513. The average molecular weight is 396 g/mol. The van der Waals surface area contributed by atoms with Crippen molar-refractivity contribution >= 4 is 17.7 Å². The third-order valence-electron chi connectivity index (χ3n) is 4.33. The Morgan fingerprint density at radius 2 is 1.89 bits per heavy atom. The summed E-state index contributed by atoms with van der Waals surface area (Å²) in [4.78, 5) is 12.1. The Labute approximate surface area is 167 Å². The molecule has 0 spiro atoms. The van der Waals surface area contributed by atoms with Crippen LogP contribution < -0.4 is 14.8 Å². The first kappa shape index (κ1) is 18.4. The highest BCUT2D eigenvalue weighted by Gasteiger charge is 2.27. The van der Waals surface area contributed by atoms with E-state index in [9.17, 15) is 4.79 Å². The smallest absolute Gasteiger partial charge is 0.230 e. The SMILES string of the molecule is Cn1c(SCC(=O)NCc2ccccc2)nnc1C1COc2ccccc2O1. The van der Waals surface area contributed by atoms with Gasteiger partial charge in [-0.3, -0.25) is 4.79 Å². The summed E-state index contributed by atoms with van der Waals surface area (Å²) in [6, 6.07) is 17.4. The van der Waals surface area contributed by atoms with Gasteiger partial charge in [0.25, 0.3) is 0 Å². The van der Waals surface area contributed by atoms with E-state index in [1.807, 2.05) is 66.2 Å². The lowest BCUT2D eigenvalue weighted by atomic mass is 10.2. The van der Waals surface area contributed by atoms with Crippen molar-refractivity contribution < 1.29 is 14.3 Å². The number of carbonyl (C=O) groups is 1. The van der Waals surface area contributed by atoms with E-state index in [0.29, 0.717) is 29.9 Å². The van der Waals surface area contributed by atoms with Crippen LogP contribution in [0.1, 0.15) is 17.5 Å². The fraction of sp³-hybridized carbons (Fsp3) is 0.250. The normalized spacial score (nSPS) is 15.2. The molecule has 3 aromatic rings. The van der Waals surface area contributed by atoms with E-state index >= 15 is 0 Å². The molecule has 0 saturated carbocycles. The van der Waals surface area contributed by atoms with Crippen molar-refractivity contribution in [2.75, 3.05) is 12.4 Å². The minimum atomic E-state index is -0.339. The molecule has 0 bridgehead atoms. The van der Waals surface area contributed by atoms with E-state index in [-0.39, 0.29) is 17.8 Å². The molecule has 0 aliphatic carbocycles. The van der Waals surface area contributed by atoms with E-state index < -0.39 is 0 Å². The third-order valence-corrected chi connectivity index (χ3v) is 5.35. The number of carbonyl (C=O) groups excluding carboxylic acids is 1. The van der Waals surface area contributed by atoms with Crippen molar-refractivity contribution in [3.8, 4) is 11.5 Å². The Bertz CT molecular complexity index is 961. The minimum Gasteiger partial charge on any atom is -0.485 e. The van der Waals surface area contributed by atoms with Gasteiger partial charge in [-0.2, -0.15) is 0 Å². The molecule has 28 heavy (non-hydrogen) atoms. The van der Waals surface area contributed by atoms with Crippen molar-refractivity contribution in [2.24, 2.45) is 7.05 Å². The molecule has 0 radical (unpaired) electrons. The van der Waals surface area contributed by atoms with Crippen molar-refractivity contribution in [1.82, 2.24) is 20.1 Å². The topological polar surface area (TPSA) is 78.3 Å². The molecule has 144 valence electrons. The first-order chi connectivity index (χ1) is 13.7. The predicted molar refractivity (Wildman–Crippen MR) is 105 cm³/mol. The molecule has 7 nitrogen and oxygen atoms in total. The lowest BCUT2D eigenvalue weighted by Gasteiger charge is -2.25. The van der Waals surface area contributed by atoms with Crippen LogP contribution in [0.4, 0.5) is 0 Å². The number of aromatic nitrogens is 3. The van der Waals surface area contributed by atoms with Crippen molar-refractivity contribution in [3.05, 3.63) is 66.0 Å². The number of rotatable bonds is 6. The molecule has 1 unspecified atom stereocenters. The highest BCUT2D eigenvalue weighted by molar-refractivity contribution is 7.99. The number of nitrogens with zero attached hydrogens (tertiary/aromatic N) is 3. The molecule has 1 aromatic heterocycles. The summed E-state index contributed by atoms with van der Waals surface area (Å²) in [6.45, 7) is 0.877. The van der Waals surface area contributed by atoms with Crippen molar-refractivity contribution in [3.63, 3.8) is 0 Å². The lowest BCUT2D eigenvalue weighted by Crippen LogP contribution is -2.25. The first-order valence-corrected chi connectivity index (χ1v) is 9.90. The number of nitrogens with one attached hydrogen (secondary N) is 1. The second-order valence-electron chi connectivity index (χ2n) is 6.32. The molecule has 2 aromatic carbocycles. The molecular formula is C20H20N4O3S. The molecular weight excluding hydrogens is 376 g/mol. The Balaban J connectivity index is 1.33. The van der Waals surface area contributed by atoms with Gasteiger partial charge in [0, 0.05) is 13.6 Å². The maximum Gasteiger partial charge on any atom is 0.230 e. The van der Waals surface area contributed by atoms with Gasteiger partial charge >= 0.3 is 0 Å². The van der Waals surface area contributed by atoms with Gasteiger partial charge in [0.05, 0.1) is 5.75 Å². The summed E-state index contributed by atoms with van der Waals surface area (Å²) in [5, 5.41) is 12.0. The van der Waals surface area contributed by atoms with Crippen molar-refractivity contribution in [1.29, 1.82) is 0 Å². The van der Waals surface area contributed by atoms with Gasteiger partial charge in [0.1, 0.15) is 6.61 Å². The van der Waals surface area contributed by atoms with Crippen LogP contribution in [0.25, 0.3) is 0 Å². The summed E-state index contributed by atoms with van der Waals surface area (Å²) in [6.07, 6.45) is -0.339. The maximum atomic E-state index is 12.1. The zero-order valence-electron chi connectivity index (χ0n) is 15.4. The molecule has 0 saturated heterocycles. The van der Waals surface area contributed by atoms with E-state index in [1.165, 1.54) is 11.8 Å². The summed E-state index contributed by atoms with van der Waals surface area (Å²) in [7, 11) is 1.86. The highest BCUT2D eigenvalue weighted by atomic mass is 32.2. The number of ether oxygens (including phenoxy) is 2. The second kappa shape index (κ2) is 8.35. The van der Waals surface area contributed by atoms with Crippen LogP contribution in [0.3, 0.4) is 0 Å². The standard InChI is InChI=1S/C20H20N4O3S/c1-24-19(17-12-26-15-9-5-6-10-16(15)27-17)22-23-20(24)28-13-18(25)21-11-14-7-3-2-4-8-14/h2-10,17H,11-13H2,1H3,(H,21,25). The van der Waals surface area contributed by atoms with Gasteiger partial charge in [-0.05, 0) is 17.7 Å². The van der Waals surface area contributed by atoms with Gasteiger partial charge in [0.2, 0.25) is 5.91 Å². The number of fused-ring (bicyclic) bond motifs is 1. The number of para-hydroxylation sites is 2. The number of thioether (sulfide) groups is 1. The monoisotopic (exact) mass is 396 g/mol.